The molecule has 314 valence electrons. The zero-order valence-corrected chi connectivity index (χ0v) is 36.5. The molecule has 0 unspecified atom stereocenters. The molecule has 0 aliphatic heterocycles. The summed E-state index contributed by atoms with van der Waals surface area (Å²) in [7, 11) is 0. The van der Waals surface area contributed by atoms with Gasteiger partial charge in [-0.25, -0.2) is 15.0 Å². The summed E-state index contributed by atoms with van der Waals surface area (Å²) in [6.45, 7) is 0. The normalized spacial score (nSPS) is 11.3. The molecule has 67 heavy (non-hydrogen) atoms. The molecule has 0 N–H and O–H groups in total. The summed E-state index contributed by atoms with van der Waals surface area (Å²) in [6.07, 6.45) is 0. The minimum Gasteiger partial charge on any atom is -0.308 e. The first-order valence-corrected chi connectivity index (χ1v) is 22.7. The maximum absolute atomic E-state index is 5.34. The van der Waals surface area contributed by atoms with Crippen LogP contribution in [0.15, 0.2) is 255 Å². The van der Waals surface area contributed by atoms with Gasteiger partial charge in [0.1, 0.15) is 0 Å². The number of hydrogen-bond donors (Lipinski definition) is 0. The number of hydrogen-bond acceptors (Lipinski definition) is 3. The van der Waals surface area contributed by atoms with E-state index in [1.54, 1.807) is 0 Å². The van der Waals surface area contributed by atoms with Gasteiger partial charge in [0, 0.05) is 38.6 Å². The lowest BCUT2D eigenvalue weighted by molar-refractivity contribution is 1.07. The SMILES string of the molecule is c1ccc(-c2cccc(-c3nc(-c4ccccc4)nc(-c4cc(-c5ccccc5)c(-n5c6ccc(-c7ccccc7)cc6c6cc(-c7ccccc7)ccc65)c(-c5ccccc5)c4)n3)c2)cc1. The molecule has 0 radical (unpaired) electrons. The molecule has 0 atom stereocenters. The van der Waals surface area contributed by atoms with E-state index in [4.69, 9.17) is 15.0 Å². The molecule has 2 heterocycles. The van der Waals surface area contributed by atoms with Gasteiger partial charge >= 0.3 is 0 Å². The van der Waals surface area contributed by atoms with Gasteiger partial charge in [0.15, 0.2) is 17.5 Å². The van der Waals surface area contributed by atoms with E-state index in [2.05, 4.69) is 235 Å². The van der Waals surface area contributed by atoms with Crippen molar-refractivity contribution in [2.75, 3.05) is 0 Å². The third-order valence-electron chi connectivity index (χ3n) is 12.6. The lowest BCUT2D eigenvalue weighted by Gasteiger charge is -2.21. The molecule has 4 heteroatoms. The Balaban J connectivity index is 1.15. The third-order valence-corrected chi connectivity index (χ3v) is 12.6. The van der Waals surface area contributed by atoms with E-state index in [1.807, 2.05) is 24.3 Å². The van der Waals surface area contributed by atoms with Crippen molar-refractivity contribution in [1.29, 1.82) is 0 Å². The van der Waals surface area contributed by atoms with Crippen LogP contribution in [0.2, 0.25) is 0 Å². The fraction of sp³-hybridized carbons (Fsp3) is 0. The van der Waals surface area contributed by atoms with E-state index >= 15 is 0 Å². The van der Waals surface area contributed by atoms with Crippen LogP contribution >= 0.6 is 0 Å². The Morgan fingerprint density at radius 1 is 0.224 bits per heavy atom. The highest BCUT2D eigenvalue weighted by molar-refractivity contribution is 6.13. The molecule has 0 bridgehead atoms. The van der Waals surface area contributed by atoms with Gasteiger partial charge in [0.2, 0.25) is 0 Å². The maximum Gasteiger partial charge on any atom is 0.164 e. The second-order valence-electron chi connectivity index (χ2n) is 16.8. The summed E-state index contributed by atoms with van der Waals surface area (Å²) in [4.78, 5) is 15.8. The third kappa shape index (κ3) is 7.57. The van der Waals surface area contributed by atoms with Crippen LogP contribution in [0.3, 0.4) is 0 Å². The topological polar surface area (TPSA) is 43.6 Å². The van der Waals surface area contributed by atoms with Crippen LogP contribution in [0.4, 0.5) is 0 Å². The predicted molar refractivity (Wildman–Crippen MR) is 278 cm³/mol. The highest BCUT2D eigenvalue weighted by atomic mass is 15.0. The van der Waals surface area contributed by atoms with Gasteiger partial charge in [-0.15, -0.1) is 0 Å². The van der Waals surface area contributed by atoms with Gasteiger partial charge in [0.05, 0.1) is 16.7 Å². The van der Waals surface area contributed by atoms with Gasteiger partial charge in [-0.2, -0.15) is 0 Å². The van der Waals surface area contributed by atoms with E-state index in [9.17, 15) is 0 Å². The average Bonchev–Trinajstić information content (AvgIpc) is 3.74. The zero-order chi connectivity index (χ0) is 44.5. The van der Waals surface area contributed by atoms with Crippen LogP contribution in [0.25, 0.3) is 117 Å². The van der Waals surface area contributed by atoms with Crippen LogP contribution in [-0.2, 0) is 0 Å². The molecule has 2 aromatic heterocycles. The van der Waals surface area contributed by atoms with E-state index in [1.165, 1.54) is 33.0 Å². The molecular formula is C63H42N4. The number of benzene rings is 10. The molecule has 10 aromatic carbocycles. The standard InChI is InChI=1S/C63H42N4/c1-7-20-43(21-8-1)49-32-19-33-52(38-49)62-64-61(48-30-17-6-18-31-48)65-63(66-62)53-41-54(46-26-13-4-14-27-46)60(55(42-53)47-28-15-5-16-29-47)67-58-36-34-50(44-22-9-2-10-23-44)39-56(58)57-40-51(35-37-59(57)67)45-24-11-3-12-25-45/h1-42H. The van der Waals surface area contributed by atoms with Crippen LogP contribution in [0.1, 0.15) is 0 Å². The summed E-state index contributed by atoms with van der Waals surface area (Å²) in [5.74, 6) is 1.82. The van der Waals surface area contributed by atoms with Gasteiger partial charge in [0.25, 0.3) is 0 Å². The molecule has 0 spiro atoms. The Morgan fingerprint density at radius 2 is 0.552 bits per heavy atom. The Morgan fingerprint density at radius 3 is 0.985 bits per heavy atom. The quantitative estimate of drug-likeness (QED) is 0.145. The second-order valence-corrected chi connectivity index (χ2v) is 16.8. The average molecular weight is 855 g/mol. The van der Waals surface area contributed by atoms with Gasteiger partial charge in [-0.3, -0.25) is 0 Å². The Kier molecular flexibility index (Phi) is 10.2. The number of fused-ring (bicyclic) bond motifs is 3. The van der Waals surface area contributed by atoms with Gasteiger partial charge in [-0.1, -0.05) is 212 Å². The number of rotatable bonds is 9. The lowest BCUT2D eigenvalue weighted by atomic mass is 9.92. The van der Waals surface area contributed by atoms with Crippen molar-refractivity contribution in [3.63, 3.8) is 0 Å². The van der Waals surface area contributed by atoms with Crippen molar-refractivity contribution in [1.82, 2.24) is 19.5 Å². The second kappa shape index (κ2) is 17.2. The van der Waals surface area contributed by atoms with E-state index in [-0.39, 0.29) is 0 Å². The van der Waals surface area contributed by atoms with Crippen molar-refractivity contribution in [3.8, 4) is 95.5 Å². The van der Waals surface area contributed by atoms with Crippen molar-refractivity contribution in [2.24, 2.45) is 0 Å². The summed E-state index contributed by atoms with van der Waals surface area (Å²) in [5.41, 5.74) is 17.3. The molecule has 4 nitrogen and oxygen atoms in total. The monoisotopic (exact) mass is 854 g/mol. The Hall–Kier alpha value is -8.99. The first-order chi connectivity index (χ1) is 33.2. The van der Waals surface area contributed by atoms with Crippen molar-refractivity contribution < 1.29 is 0 Å². The summed E-state index contributed by atoms with van der Waals surface area (Å²) >= 11 is 0. The van der Waals surface area contributed by atoms with Gasteiger partial charge in [-0.05, 0) is 87.0 Å². The predicted octanol–water partition coefficient (Wildman–Crippen LogP) is 16.3. The highest BCUT2D eigenvalue weighted by Crippen LogP contribution is 2.45. The Bertz CT molecular complexity index is 3540. The van der Waals surface area contributed by atoms with Crippen LogP contribution < -0.4 is 0 Å². The lowest BCUT2D eigenvalue weighted by Crippen LogP contribution is -2.04. The maximum atomic E-state index is 5.34. The number of aromatic nitrogens is 4. The largest absolute Gasteiger partial charge is 0.308 e. The molecule has 0 aliphatic rings. The molecule has 12 aromatic rings. The molecule has 0 fully saturated rings. The van der Waals surface area contributed by atoms with E-state index in [0.717, 1.165) is 66.8 Å². The molecule has 12 rings (SSSR count). The summed E-state index contributed by atoms with van der Waals surface area (Å²) in [5, 5.41) is 2.37. The van der Waals surface area contributed by atoms with Crippen molar-refractivity contribution >= 4 is 21.8 Å². The van der Waals surface area contributed by atoms with Crippen molar-refractivity contribution in [2.45, 2.75) is 0 Å². The zero-order valence-electron chi connectivity index (χ0n) is 36.5. The summed E-state index contributed by atoms with van der Waals surface area (Å²) in [6, 6.07) is 90.3. The molecule has 0 saturated heterocycles. The van der Waals surface area contributed by atoms with Gasteiger partial charge < -0.3 is 4.57 Å². The minimum absolute atomic E-state index is 0.595. The first-order valence-electron chi connectivity index (χ1n) is 22.7. The van der Waals surface area contributed by atoms with E-state index in [0.29, 0.717) is 17.5 Å². The first kappa shape index (κ1) is 39.6. The molecule has 0 amide bonds. The smallest absolute Gasteiger partial charge is 0.164 e. The summed E-state index contributed by atoms with van der Waals surface area (Å²) < 4.78 is 2.48. The molecule has 0 saturated carbocycles. The molecule has 0 aliphatic carbocycles. The number of nitrogens with zero attached hydrogens (tertiary/aromatic N) is 4. The minimum atomic E-state index is 0.595. The highest BCUT2D eigenvalue weighted by Gasteiger charge is 2.24. The van der Waals surface area contributed by atoms with E-state index < -0.39 is 0 Å². The molecular weight excluding hydrogens is 813 g/mol. The van der Waals surface area contributed by atoms with Crippen LogP contribution in [0, 0.1) is 0 Å². The van der Waals surface area contributed by atoms with Crippen LogP contribution in [0.5, 0.6) is 0 Å². The van der Waals surface area contributed by atoms with Crippen LogP contribution in [-0.4, -0.2) is 19.5 Å². The van der Waals surface area contributed by atoms with Crippen molar-refractivity contribution in [3.05, 3.63) is 255 Å². The fourth-order valence-electron chi connectivity index (χ4n) is 9.38. The Labute approximate surface area is 389 Å². The fourth-order valence-corrected chi connectivity index (χ4v) is 9.38.